The molecule has 1 aromatic carbocycles. The smallest absolute Gasteiger partial charge is 0.326 e. The summed E-state index contributed by atoms with van der Waals surface area (Å²) in [7, 11) is 0. The van der Waals surface area contributed by atoms with E-state index in [0.29, 0.717) is 12.1 Å². The molecule has 168 valence electrons. The van der Waals surface area contributed by atoms with Crippen molar-refractivity contribution in [1.29, 1.82) is 0 Å². The van der Waals surface area contributed by atoms with E-state index in [-0.39, 0.29) is 17.7 Å². The molecule has 8 nitrogen and oxygen atoms in total. The number of imide groups is 1. The summed E-state index contributed by atoms with van der Waals surface area (Å²) in [6, 6.07) is 6.92. The van der Waals surface area contributed by atoms with Gasteiger partial charge < -0.3 is 15.4 Å². The zero-order valence-corrected chi connectivity index (χ0v) is 18.4. The quantitative estimate of drug-likeness (QED) is 0.512. The lowest BCUT2D eigenvalue weighted by atomic mass is 9.73. The molecule has 1 spiro atoms. The lowest BCUT2D eigenvalue weighted by Crippen LogP contribution is -2.54. The highest BCUT2D eigenvalue weighted by molar-refractivity contribution is 6.09. The predicted molar refractivity (Wildman–Crippen MR) is 115 cm³/mol. The Labute approximate surface area is 182 Å². The van der Waals surface area contributed by atoms with Crippen LogP contribution in [0.1, 0.15) is 64.4 Å². The van der Waals surface area contributed by atoms with Gasteiger partial charge in [0, 0.05) is 5.69 Å². The van der Waals surface area contributed by atoms with Gasteiger partial charge in [-0.1, -0.05) is 51.8 Å². The summed E-state index contributed by atoms with van der Waals surface area (Å²) in [5.41, 5.74) is 0.767. The normalized spacial score (nSPS) is 24.1. The third kappa shape index (κ3) is 4.73. The summed E-state index contributed by atoms with van der Waals surface area (Å²) in [6.45, 7) is 5.09. The van der Waals surface area contributed by atoms with Crippen LogP contribution in [-0.4, -0.2) is 47.4 Å². The van der Waals surface area contributed by atoms with Crippen molar-refractivity contribution in [2.45, 2.75) is 64.3 Å². The highest BCUT2D eigenvalue weighted by Crippen LogP contribution is 2.38. The summed E-state index contributed by atoms with van der Waals surface area (Å²) in [6.07, 6.45) is 4.22. The molecule has 1 aliphatic heterocycles. The number of carbonyl (C=O) groups excluding carboxylic acids is 4. The van der Waals surface area contributed by atoms with E-state index in [0.717, 1.165) is 36.1 Å². The maximum Gasteiger partial charge on any atom is 0.326 e. The van der Waals surface area contributed by atoms with E-state index in [1.54, 1.807) is 6.07 Å². The number of nitrogens with zero attached hydrogens (tertiary/aromatic N) is 1. The zero-order chi connectivity index (χ0) is 22.6. The molecular formula is C23H31N3O5. The number of benzene rings is 1. The van der Waals surface area contributed by atoms with Crippen LogP contribution in [0.2, 0.25) is 0 Å². The molecule has 3 atom stereocenters. The van der Waals surface area contributed by atoms with Gasteiger partial charge in [0.2, 0.25) is 0 Å². The number of urea groups is 1. The lowest BCUT2D eigenvalue weighted by molar-refractivity contribution is -0.150. The first-order chi connectivity index (χ1) is 14.8. The summed E-state index contributed by atoms with van der Waals surface area (Å²) >= 11 is 0. The van der Waals surface area contributed by atoms with Crippen molar-refractivity contribution >= 4 is 29.5 Å². The Morgan fingerprint density at radius 3 is 2.74 bits per heavy atom. The second-order valence-electron chi connectivity index (χ2n) is 8.55. The Kier molecular flexibility index (Phi) is 6.97. The standard InChI is InChI=1S/C23H31N3O5/c1-4-15(2)17-10-5-6-11-18(17)24-19(27)14-31-20(28)13-26-21(29)23(25-22(26)30)12-8-7-9-16(23)3/h5-6,10-11,15-16H,4,7-9,12-14H2,1-3H3,(H,24,27)(H,25,30)/t15-,16+,23+/m1/s1. The van der Waals surface area contributed by atoms with E-state index in [2.05, 4.69) is 24.5 Å². The molecule has 1 heterocycles. The first-order valence-electron chi connectivity index (χ1n) is 11.0. The van der Waals surface area contributed by atoms with Crippen LogP contribution >= 0.6 is 0 Å². The van der Waals surface area contributed by atoms with Gasteiger partial charge in [-0.2, -0.15) is 0 Å². The molecule has 0 aromatic heterocycles. The number of rotatable bonds is 7. The zero-order valence-electron chi connectivity index (χ0n) is 18.4. The number of para-hydroxylation sites is 1. The van der Waals surface area contributed by atoms with Crippen molar-refractivity contribution in [3.05, 3.63) is 29.8 Å². The average Bonchev–Trinajstić information content (AvgIpc) is 2.99. The molecule has 2 aliphatic rings. The fourth-order valence-corrected chi connectivity index (χ4v) is 4.41. The number of nitrogens with one attached hydrogen (secondary N) is 2. The SMILES string of the molecule is CC[C@@H](C)c1ccccc1NC(=O)COC(=O)CN1C(=O)N[C@]2(CCCC[C@@H]2C)C1=O. The molecule has 2 N–H and O–H groups in total. The molecule has 1 saturated heterocycles. The van der Waals surface area contributed by atoms with Crippen LogP contribution in [0.25, 0.3) is 0 Å². The van der Waals surface area contributed by atoms with Gasteiger partial charge >= 0.3 is 12.0 Å². The molecule has 0 radical (unpaired) electrons. The van der Waals surface area contributed by atoms with Gasteiger partial charge in [0.05, 0.1) is 0 Å². The van der Waals surface area contributed by atoms with Crippen LogP contribution < -0.4 is 10.6 Å². The molecule has 3 rings (SSSR count). The van der Waals surface area contributed by atoms with E-state index in [9.17, 15) is 19.2 Å². The molecule has 2 fully saturated rings. The van der Waals surface area contributed by atoms with Gasteiger partial charge in [-0.15, -0.1) is 0 Å². The topological polar surface area (TPSA) is 105 Å². The van der Waals surface area contributed by atoms with Crippen LogP contribution in [0.5, 0.6) is 0 Å². The van der Waals surface area contributed by atoms with Gasteiger partial charge in [-0.25, -0.2) is 4.79 Å². The molecule has 8 heteroatoms. The summed E-state index contributed by atoms with van der Waals surface area (Å²) in [5, 5.41) is 5.56. The molecule has 0 bridgehead atoms. The summed E-state index contributed by atoms with van der Waals surface area (Å²) < 4.78 is 5.04. The Hall–Kier alpha value is -2.90. The maximum absolute atomic E-state index is 12.9. The monoisotopic (exact) mass is 429 g/mol. The van der Waals surface area contributed by atoms with Gasteiger partial charge in [-0.3, -0.25) is 19.3 Å². The second-order valence-corrected chi connectivity index (χ2v) is 8.55. The Morgan fingerprint density at radius 2 is 2.03 bits per heavy atom. The molecule has 31 heavy (non-hydrogen) atoms. The van der Waals surface area contributed by atoms with Gasteiger partial charge in [-0.05, 0) is 42.7 Å². The van der Waals surface area contributed by atoms with Crippen molar-refractivity contribution in [1.82, 2.24) is 10.2 Å². The number of hydrogen-bond acceptors (Lipinski definition) is 5. The van der Waals surface area contributed by atoms with Crippen molar-refractivity contribution in [2.75, 3.05) is 18.5 Å². The number of amides is 4. The molecule has 1 aliphatic carbocycles. The summed E-state index contributed by atoms with van der Waals surface area (Å²) in [4.78, 5) is 50.7. The number of ether oxygens (including phenoxy) is 1. The molecule has 1 aromatic rings. The van der Waals surface area contributed by atoms with Gasteiger partial charge in [0.15, 0.2) is 6.61 Å². The Bertz CT molecular complexity index is 871. The van der Waals surface area contributed by atoms with Crippen molar-refractivity contribution in [3.8, 4) is 0 Å². The molecule has 4 amide bonds. The minimum atomic E-state index is -0.924. The Morgan fingerprint density at radius 1 is 1.29 bits per heavy atom. The maximum atomic E-state index is 12.9. The summed E-state index contributed by atoms with van der Waals surface area (Å²) in [5.74, 6) is -1.37. The van der Waals surface area contributed by atoms with Crippen LogP contribution in [0.3, 0.4) is 0 Å². The van der Waals surface area contributed by atoms with Gasteiger partial charge in [0.1, 0.15) is 12.1 Å². The van der Waals surface area contributed by atoms with Gasteiger partial charge in [0.25, 0.3) is 11.8 Å². The number of esters is 1. The highest BCUT2D eigenvalue weighted by atomic mass is 16.5. The average molecular weight is 430 g/mol. The van der Waals surface area contributed by atoms with E-state index in [1.165, 1.54) is 0 Å². The fraction of sp³-hybridized carbons (Fsp3) is 0.565. The Balaban J connectivity index is 1.54. The van der Waals surface area contributed by atoms with Crippen molar-refractivity contribution in [2.24, 2.45) is 5.92 Å². The van der Waals surface area contributed by atoms with E-state index >= 15 is 0 Å². The number of carbonyl (C=O) groups is 4. The predicted octanol–water partition coefficient (Wildman–Crippen LogP) is 3.18. The molecule has 0 unspecified atom stereocenters. The molecule has 1 saturated carbocycles. The highest BCUT2D eigenvalue weighted by Gasteiger charge is 2.55. The first kappa shape index (κ1) is 22.8. The lowest BCUT2D eigenvalue weighted by Gasteiger charge is -2.36. The minimum Gasteiger partial charge on any atom is -0.454 e. The van der Waals surface area contributed by atoms with E-state index in [4.69, 9.17) is 4.74 Å². The van der Waals surface area contributed by atoms with Crippen LogP contribution in [0.4, 0.5) is 10.5 Å². The number of anilines is 1. The largest absolute Gasteiger partial charge is 0.454 e. The second kappa shape index (κ2) is 9.49. The van der Waals surface area contributed by atoms with E-state index in [1.807, 2.05) is 25.1 Å². The van der Waals surface area contributed by atoms with Crippen LogP contribution in [0.15, 0.2) is 24.3 Å². The van der Waals surface area contributed by atoms with Crippen molar-refractivity contribution in [3.63, 3.8) is 0 Å². The van der Waals surface area contributed by atoms with Crippen molar-refractivity contribution < 1.29 is 23.9 Å². The molecular weight excluding hydrogens is 398 g/mol. The third-order valence-electron chi connectivity index (χ3n) is 6.53. The van der Waals surface area contributed by atoms with Crippen LogP contribution in [-0.2, 0) is 19.1 Å². The van der Waals surface area contributed by atoms with E-state index < -0.39 is 36.6 Å². The first-order valence-corrected chi connectivity index (χ1v) is 11.0. The minimum absolute atomic E-state index is 0.00933. The fourth-order valence-electron chi connectivity index (χ4n) is 4.41. The third-order valence-corrected chi connectivity index (χ3v) is 6.53. The van der Waals surface area contributed by atoms with Crippen LogP contribution in [0, 0.1) is 5.92 Å². The number of hydrogen-bond donors (Lipinski definition) is 2.